The molecule has 0 unspecified atom stereocenters. The molecule has 3 heteroatoms. The summed E-state index contributed by atoms with van der Waals surface area (Å²) in [6.07, 6.45) is 1.74. The van der Waals surface area contributed by atoms with Crippen molar-refractivity contribution >= 4 is 11.9 Å². The van der Waals surface area contributed by atoms with E-state index < -0.39 is 0 Å². The van der Waals surface area contributed by atoms with Crippen molar-refractivity contribution in [2.24, 2.45) is 4.99 Å². The van der Waals surface area contributed by atoms with Crippen LogP contribution in [0.15, 0.2) is 59.6 Å². The lowest BCUT2D eigenvalue weighted by atomic mass is 9.87. The molecule has 1 aromatic heterocycles. The van der Waals surface area contributed by atoms with Gasteiger partial charge in [0.2, 0.25) is 0 Å². The van der Waals surface area contributed by atoms with E-state index in [-0.39, 0.29) is 11.2 Å². The predicted octanol–water partition coefficient (Wildman–Crippen LogP) is 6.28. The van der Waals surface area contributed by atoms with Gasteiger partial charge in [-0.05, 0) is 55.2 Å². The zero-order chi connectivity index (χ0) is 18.9. The second-order valence-electron chi connectivity index (χ2n) is 7.67. The average molecular weight is 348 g/mol. The Hall–Kier alpha value is -2.68. The molecule has 0 amide bonds. The first-order valence-electron chi connectivity index (χ1n) is 8.86. The maximum Gasteiger partial charge on any atom is 0.148 e. The first kappa shape index (κ1) is 18.1. The Morgan fingerprint density at radius 2 is 1.62 bits per heavy atom. The van der Waals surface area contributed by atoms with Crippen molar-refractivity contribution in [1.29, 1.82) is 0 Å². The second-order valence-corrected chi connectivity index (χ2v) is 7.67. The molecule has 0 radical (unpaired) electrons. The van der Waals surface area contributed by atoms with E-state index in [1.54, 1.807) is 24.4 Å². The van der Waals surface area contributed by atoms with Crippen molar-refractivity contribution in [3.63, 3.8) is 0 Å². The summed E-state index contributed by atoms with van der Waals surface area (Å²) in [5.74, 6) is -0.310. The normalized spacial score (nSPS) is 12.1. The Morgan fingerprint density at radius 3 is 2.23 bits per heavy atom. The molecule has 0 saturated carbocycles. The topological polar surface area (TPSA) is 17.3 Å². The second kappa shape index (κ2) is 6.91. The van der Waals surface area contributed by atoms with E-state index in [9.17, 15) is 4.39 Å². The molecule has 134 valence electrons. The number of aliphatic imine (C=N–C) groups is 1. The molecule has 0 bridgehead atoms. The molecule has 2 nitrogen and oxygen atoms in total. The zero-order valence-corrected chi connectivity index (χ0v) is 16.0. The molecule has 0 N–H and O–H groups in total. The van der Waals surface area contributed by atoms with Gasteiger partial charge in [-0.3, -0.25) is 4.99 Å². The number of nitrogens with zero attached hydrogens (tertiary/aromatic N) is 2. The molecule has 26 heavy (non-hydrogen) atoms. The molecule has 0 atom stereocenters. The summed E-state index contributed by atoms with van der Waals surface area (Å²) in [6.45, 7) is 10.8. The molecule has 0 aliphatic rings. The van der Waals surface area contributed by atoms with E-state index in [0.717, 1.165) is 22.6 Å². The predicted molar refractivity (Wildman–Crippen MR) is 108 cm³/mol. The quantitative estimate of drug-likeness (QED) is 0.496. The van der Waals surface area contributed by atoms with E-state index in [1.807, 2.05) is 0 Å². The van der Waals surface area contributed by atoms with Gasteiger partial charge in [-0.15, -0.1) is 0 Å². The van der Waals surface area contributed by atoms with Crippen LogP contribution in [0.4, 0.5) is 10.1 Å². The van der Waals surface area contributed by atoms with E-state index in [0.29, 0.717) is 5.69 Å². The van der Waals surface area contributed by atoms with Crippen LogP contribution in [0.5, 0.6) is 0 Å². The highest BCUT2D eigenvalue weighted by atomic mass is 19.1. The van der Waals surface area contributed by atoms with Crippen LogP contribution in [-0.4, -0.2) is 10.8 Å². The highest BCUT2D eigenvalue weighted by molar-refractivity contribution is 5.84. The summed E-state index contributed by atoms with van der Waals surface area (Å²) in [5.41, 5.74) is 6.13. The molecule has 3 aromatic rings. The van der Waals surface area contributed by atoms with Gasteiger partial charge in [0.05, 0.1) is 5.69 Å². The van der Waals surface area contributed by atoms with Gasteiger partial charge in [0.1, 0.15) is 5.82 Å². The van der Waals surface area contributed by atoms with Crippen LogP contribution in [0.3, 0.4) is 0 Å². The Labute approximate surface area is 155 Å². The summed E-state index contributed by atoms with van der Waals surface area (Å²) in [4.78, 5) is 4.32. The molecule has 0 spiro atoms. The fraction of sp³-hybridized carbons (Fsp3) is 0.261. The monoisotopic (exact) mass is 348 g/mol. The molecule has 0 saturated heterocycles. The summed E-state index contributed by atoms with van der Waals surface area (Å²) in [6, 6.07) is 17.3. The van der Waals surface area contributed by atoms with Crippen molar-refractivity contribution < 1.29 is 4.39 Å². The van der Waals surface area contributed by atoms with E-state index >= 15 is 0 Å². The van der Waals surface area contributed by atoms with Gasteiger partial charge >= 0.3 is 0 Å². The number of rotatable bonds is 3. The lowest BCUT2D eigenvalue weighted by Crippen LogP contribution is -2.11. The number of halogens is 1. The van der Waals surface area contributed by atoms with E-state index in [1.165, 1.54) is 11.6 Å². The number of benzene rings is 2. The Bertz CT molecular complexity index is 941. The molecule has 0 aliphatic carbocycles. The van der Waals surface area contributed by atoms with Gasteiger partial charge in [0.25, 0.3) is 0 Å². The van der Waals surface area contributed by atoms with Crippen LogP contribution in [0.1, 0.15) is 43.3 Å². The van der Waals surface area contributed by atoms with Gasteiger partial charge in [-0.25, -0.2) is 4.39 Å². The molecule has 0 fully saturated rings. The van der Waals surface area contributed by atoms with Gasteiger partial charge < -0.3 is 4.57 Å². The fourth-order valence-electron chi connectivity index (χ4n) is 3.12. The average Bonchev–Trinajstić information content (AvgIpc) is 2.87. The number of hydrogen-bond acceptors (Lipinski definition) is 1. The van der Waals surface area contributed by atoms with Crippen LogP contribution >= 0.6 is 0 Å². The zero-order valence-electron chi connectivity index (χ0n) is 16.0. The van der Waals surface area contributed by atoms with Crippen molar-refractivity contribution in [3.8, 4) is 5.69 Å². The van der Waals surface area contributed by atoms with Crippen molar-refractivity contribution in [2.45, 2.75) is 40.0 Å². The molecular formula is C23H25FN2. The number of para-hydroxylation sites is 1. The SMILES string of the molecule is Cc1cc(C=Nc2ccccc2F)c(C)n1-c1ccc(C(C)(C)C)cc1. The summed E-state index contributed by atoms with van der Waals surface area (Å²) in [5, 5.41) is 0. The minimum Gasteiger partial charge on any atom is -0.318 e. The van der Waals surface area contributed by atoms with Crippen LogP contribution in [0.25, 0.3) is 5.69 Å². The third-order valence-corrected chi connectivity index (χ3v) is 4.66. The van der Waals surface area contributed by atoms with Crippen LogP contribution in [-0.2, 0) is 5.41 Å². The summed E-state index contributed by atoms with van der Waals surface area (Å²) < 4.78 is 16.0. The third kappa shape index (κ3) is 3.62. The first-order valence-corrected chi connectivity index (χ1v) is 8.86. The number of aromatic nitrogens is 1. The number of hydrogen-bond donors (Lipinski definition) is 0. The number of aryl methyl sites for hydroxylation is 1. The summed E-state index contributed by atoms with van der Waals surface area (Å²) >= 11 is 0. The minimum absolute atomic E-state index is 0.136. The maximum atomic E-state index is 13.8. The van der Waals surface area contributed by atoms with Crippen molar-refractivity contribution in [2.75, 3.05) is 0 Å². The molecule has 1 heterocycles. The maximum absolute atomic E-state index is 13.8. The highest BCUT2D eigenvalue weighted by Crippen LogP contribution is 2.26. The van der Waals surface area contributed by atoms with Crippen molar-refractivity contribution in [3.05, 3.63) is 82.9 Å². The molecule has 3 rings (SSSR count). The molecular weight excluding hydrogens is 323 g/mol. The Kier molecular flexibility index (Phi) is 4.82. The van der Waals surface area contributed by atoms with Gasteiger partial charge in [0.15, 0.2) is 0 Å². The van der Waals surface area contributed by atoms with Gasteiger partial charge in [0, 0.05) is 28.9 Å². The highest BCUT2D eigenvalue weighted by Gasteiger charge is 2.14. The van der Waals surface area contributed by atoms with Gasteiger partial charge in [-0.2, -0.15) is 0 Å². The largest absolute Gasteiger partial charge is 0.318 e. The van der Waals surface area contributed by atoms with Crippen LogP contribution in [0.2, 0.25) is 0 Å². The lowest BCUT2D eigenvalue weighted by Gasteiger charge is -2.20. The van der Waals surface area contributed by atoms with E-state index in [4.69, 9.17) is 0 Å². The molecule has 2 aromatic carbocycles. The van der Waals surface area contributed by atoms with E-state index in [2.05, 4.69) is 74.5 Å². The Morgan fingerprint density at radius 1 is 0.962 bits per heavy atom. The van der Waals surface area contributed by atoms with Crippen LogP contribution in [0, 0.1) is 19.7 Å². The standard InChI is InChI=1S/C23H25FN2/c1-16-14-18(15-25-22-9-7-6-8-21(22)24)17(2)26(16)20-12-10-19(11-13-20)23(3,4)5/h6-15H,1-5H3. The first-order chi connectivity index (χ1) is 12.3. The Balaban J connectivity index is 1.95. The van der Waals surface area contributed by atoms with Crippen LogP contribution < -0.4 is 0 Å². The smallest absolute Gasteiger partial charge is 0.148 e. The summed E-state index contributed by atoms with van der Waals surface area (Å²) in [7, 11) is 0. The molecule has 0 aliphatic heterocycles. The van der Waals surface area contributed by atoms with Crippen molar-refractivity contribution in [1.82, 2.24) is 4.57 Å². The van der Waals surface area contributed by atoms with Gasteiger partial charge in [-0.1, -0.05) is 45.0 Å². The minimum atomic E-state index is -0.310. The lowest BCUT2D eigenvalue weighted by molar-refractivity contribution is 0.590. The fourth-order valence-corrected chi connectivity index (χ4v) is 3.12. The third-order valence-electron chi connectivity index (χ3n) is 4.66.